The molecule has 0 bridgehead atoms. The SMILES string of the molecule is CC1NC2CC3NC(S)NC3CC2S1. The van der Waals surface area contributed by atoms with E-state index < -0.39 is 0 Å². The second-order valence-electron chi connectivity index (χ2n) is 4.51. The van der Waals surface area contributed by atoms with Gasteiger partial charge in [-0.2, -0.15) is 0 Å². The molecule has 2 aliphatic heterocycles. The average Bonchev–Trinajstić information content (AvgIpc) is 2.59. The Balaban J connectivity index is 1.71. The van der Waals surface area contributed by atoms with Gasteiger partial charge in [-0.1, -0.05) is 0 Å². The third-order valence-electron chi connectivity index (χ3n) is 3.50. The van der Waals surface area contributed by atoms with Crippen LogP contribution in [0.4, 0.5) is 0 Å². The van der Waals surface area contributed by atoms with Crippen molar-refractivity contribution >= 4 is 24.4 Å². The molecule has 80 valence electrons. The van der Waals surface area contributed by atoms with E-state index in [9.17, 15) is 0 Å². The van der Waals surface area contributed by atoms with Crippen LogP contribution < -0.4 is 16.0 Å². The Hall–Kier alpha value is 0.580. The van der Waals surface area contributed by atoms with E-state index in [4.69, 9.17) is 0 Å². The summed E-state index contributed by atoms with van der Waals surface area (Å²) in [7, 11) is 0. The van der Waals surface area contributed by atoms with Gasteiger partial charge >= 0.3 is 0 Å². The van der Waals surface area contributed by atoms with Crippen LogP contribution in [0.5, 0.6) is 0 Å². The monoisotopic (exact) mass is 231 g/mol. The molecule has 0 radical (unpaired) electrons. The number of nitrogens with one attached hydrogen (secondary N) is 3. The molecule has 3 rings (SSSR count). The fourth-order valence-corrected chi connectivity index (χ4v) is 4.78. The summed E-state index contributed by atoms with van der Waals surface area (Å²) in [5.41, 5.74) is 0.200. The Morgan fingerprint density at radius 2 is 1.79 bits per heavy atom. The molecule has 2 heterocycles. The van der Waals surface area contributed by atoms with E-state index in [1.165, 1.54) is 12.8 Å². The molecule has 2 saturated heterocycles. The molecule has 0 aromatic carbocycles. The highest BCUT2D eigenvalue weighted by atomic mass is 32.2. The summed E-state index contributed by atoms with van der Waals surface area (Å²) in [6, 6.07) is 1.97. The van der Waals surface area contributed by atoms with Crippen LogP contribution in [0.25, 0.3) is 0 Å². The van der Waals surface area contributed by atoms with Gasteiger partial charge in [0, 0.05) is 23.4 Å². The summed E-state index contributed by atoms with van der Waals surface area (Å²) in [6.45, 7) is 2.26. The lowest BCUT2D eigenvalue weighted by atomic mass is 9.87. The van der Waals surface area contributed by atoms with Crippen LogP contribution in [0.15, 0.2) is 0 Å². The van der Waals surface area contributed by atoms with Crippen molar-refractivity contribution in [3.63, 3.8) is 0 Å². The zero-order valence-corrected chi connectivity index (χ0v) is 9.94. The minimum atomic E-state index is 0.200. The van der Waals surface area contributed by atoms with Crippen molar-refractivity contribution in [2.45, 2.75) is 54.0 Å². The Morgan fingerprint density at radius 1 is 1.07 bits per heavy atom. The zero-order valence-electron chi connectivity index (χ0n) is 8.23. The highest BCUT2D eigenvalue weighted by molar-refractivity contribution is 8.00. The smallest absolute Gasteiger partial charge is 0.103 e. The second-order valence-corrected chi connectivity index (χ2v) is 6.61. The maximum atomic E-state index is 4.42. The molecule has 5 heteroatoms. The first-order valence-corrected chi connectivity index (χ1v) is 6.80. The van der Waals surface area contributed by atoms with Gasteiger partial charge in [0.25, 0.3) is 0 Å². The van der Waals surface area contributed by atoms with Gasteiger partial charge in [-0.15, -0.1) is 24.4 Å². The first-order valence-electron chi connectivity index (χ1n) is 5.34. The lowest BCUT2D eigenvalue weighted by Gasteiger charge is -2.33. The van der Waals surface area contributed by atoms with Gasteiger partial charge in [-0.05, 0) is 19.8 Å². The Labute approximate surface area is 94.6 Å². The minimum absolute atomic E-state index is 0.200. The van der Waals surface area contributed by atoms with Gasteiger partial charge in [0.15, 0.2) is 0 Å². The minimum Gasteiger partial charge on any atom is -0.302 e. The summed E-state index contributed by atoms with van der Waals surface area (Å²) in [6.07, 6.45) is 2.53. The van der Waals surface area contributed by atoms with E-state index in [0.717, 1.165) is 5.25 Å². The standard InChI is InChI=1S/C9H17N3S2/c1-4-10-7-2-5-6(3-8(7)14-4)12-9(13)11-5/h4-13H,2-3H2,1H3. The van der Waals surface area contributed by atoms with Gasteiger partial charge in [0.05, 0.1) is 5.37 Å². The first-order chi connectivity index (χ1) is 6.72. The molecule has 3 fully saturated rings. The quantitative estimate of drug-likeness (QED) is 0.454. The summed E-state index contributed by atoms with van der Waals surface area (Å²) in [5.74, 6) is 0. The van der Waals surface area contributed by atoms with Crippen molar-refractivity contribution in [2.24, 2.45) is 0 Å². The van der Waals surface area contributed by atoms with Gasteiger partial charge < -0.3 is 5.32 Å². The van der Waals surface area contributed by atoms with E-state index in [1.54, 1.807) is 0 Å². The number of rotatable bonds is 0. The number of hydrogen-bond acceptors (Lipinski definition) is 5. The third kappa shape index (κ3) is 1.59. The molecule has 3 nitrogen and oxygen atoms in total. The van der Waals surface area contributed by atoms with Crippen LogP contribution in [-0.2, 0) is 0 Å². The van der Waals surface area contributed by atoms with Crippen LogP contribution in [0.3, 0.4) is 0 Å². The number of thioether (sulfide) groups is 1. The lowest BCUT2D eigenvalue weighted by molar-refractivity contribution is 0.322. The van der Waals surface area contributed by atoms with E-state index in [1.807, 2.05) is 0 Å². The number of thiol groups is 1. The topological polar surface area (TPSA) is 36.1 Å². The summed E-state index contributed by atoms with van der Waals surface area (Å²) in [5, 5.41) is 12.1. The van der Waals surface area contributed by atoms with E-state index in [0.29, 0.717) is 23.5 Å². The van der Waals surface area contributed by atoms with E-state index >= 15 is 0 Å². The second kappa shape index (κ2) is 3.56. The Bertz CT molecular complexity index is 194. The van der Waals surface area contributed by atoms with E-state index in [-0.39, 0.29) is 5.50 Å². The molecule has 6 unspecified atom stereocenters. The molecule has 3 N–H and O–H groups in total. The van der Waals surface area contributed by atoms with Gasteiger partial charge in [-0.3, -0.25) is 10.6 Å². The fourth-order valence-electron chi connectivity index (χ4n) is 2.92. The van der Waals surface area contributed by atoms with Gasteiger partial charge in [0.2, 0.25) is 0 Å². The van der Waals surface area contributed by atoms with Crippen molar-refractivity contribution < 1.29 is 0 Å². The first kappa shape index (κ1) is 9.78. The predicted molar refractivity (Wildman–Crippen MR) is 63.6 cm³/mol. The van der Waals surface area contributed by atoms with E-state index in [2.05, 4.69) is 47.3 Å². The maximum absolute atomic E-state index is 4.42. The molecule has 1 aliphatic carbocycles. The van der Waals surface area contributed by atoms with Crippen LogP contribution in [-0.4, -0.2) is 34.2 Å². The molecule has 0 amide bonds. The zero-order chi connectivity index (χ0) is 9.71. The lowest BCUT2D eigenvalue weighted by Crippen LogP contribution is -2.49. The third-order valence-corrected chi connectivity index (χ3v) is 5.21. The fraction of sp³-hybridized carbons (Fsp3) is 1.00. The normalized spacial score (nSPS) is 57.0. The largest absolute Gasteiger partial charge is 0.302 e. The van der Waals surface area contributed by atoms with Crippen molar-refractivity contribution in [1.29, 1.82) is 0 Å². The van der Waals surface area contributed by atoms with Crippen molar-refractivity contribution in [2.75, 3.05) is 0 Å². The maximum Gasteiger partial charge on any atom is 0.103 e. The molecular formula is C9H17N3S2. The predicted octanol–water partition coefficient (Wildman–Crippen LogP) is 0.343. The van der Waals surface area contributed by atoms with Crippen LogP contribution >= 0.6 is 24.4 Å². The van der Waals surface area contributed by atoms with Gasteiger partial charge in [-0.25, -0.2) is 0 Å². The van der Waals surface area contributed by atoms with Crippen molar-refractivity contribution in [3.05, 3.63) is 0 Å². The molecule has 3 aliphatic rings. The number of fused-ring (bicyclic) bond motifs is 2. The Kier molecular flexibility index (Phi) is 2.49. The highest BCUT2D eigenvalue weighted by Gasteiger charge is 2.45. The molecular weight excluding hydrogens is 214 g/mol. The molecule has 0 aromatic heterocycles. The molecule has 14 heavy (non-hydrogen) atoms. The number of hydrogen-bond donors (Lipinski definition) is 4. The highest BCUT2D eigenvalue weighted by Crippen LogP contribution is 2.38. The molecule has 1 saturated carbocycles. The van der Waals surface area contributed by atoms with Crippen LogP contribution in [0, 0.1) is 0 Å². The summed E-state index contributed by atoms with van der Waals surface area (Å²) in [4.78, 5) is 0. The van der Waals surface area contributed by atoms with Gasteiger partial charge in [0.1, 0.15) is 5.50 Å². The molecule has 0 spiro atoms. The summed E-state index contributed by atoms with van der Waals surface area (Å²) >= 11 is 6.52. The molecule has 6 atom stereocenters. The van der Waals surface area contributed by atoms with Crippen molar-refractivity contribution in [1.82, 2.24) is 16.0 Å². The van der Waals surface area contributed by atoms with Crippen LogP contribution in [0.2, 0.25) is 0 Å². The molecule has 0 aromatic rings. The Morgan fingerprint density at radius 3 is 2.57 bits per heavy atom. The van der Waals surface area contributed by atoms with Crippen LogP contribution in [0.1, 0.15) is 19.8 Å². The summed E-state index contributed by atoms with van der Waals surface area (Å²) < 4.78 is 0. The van der Waals surface area contributed by atoms with Crippen molar-refractivity contribution in [3.8, 4) is 0 Å². The average molecular weight is 231 g/mol.